The second kappa shape index (κ2) is 9.91. The first-order chi connectivity index (χ1) is 13.7. The zero-order valence-corrected chi connectivity index (χ0v) is 16.4. The smallest absolute Gasteiger partial charge is 0.142 e. The molecule has 0 unspecified atom stereocenters. The molecule has 2 heteroatoms. The van der Waals surface area contributed by atoms with Gasteiger partial charge in [-0.2, -0.15) is 5.26 Å². The van der Waals surface area contributed by atoms with Gasteiger partial charge in [0.2, 0.25) is 0 Å². The van der Waals surface area contributed by atoms with E-state index >= 15 is 0 Å². The Morgan fingerprint density at radius 1 is 1.07 bits per heavy atom. The van der Waals surface area contributed by atoms with Crippen LogP contribution in [0, 0.1) is 34.9 Å². The van der Waals surface area contributed by atoms with Crippen LogP contribution in [0.3, 0.4) is 0 Å². The van der Waals surface area contributed by atoms with Gasteiger partial charge in [0, 0.05) is 5.56 Å². The minimum absolute atomic E-state index is 0.0536. The van der Waals surface area contributed by atoms with E-state index in [-0.39, 0.29) is 5.56 Å². The van der Waals surface area contributed by atoms with E-state index in [0.717, 1.165) is 6.42 Å². The van der Waals surface area contributed by atoms with E-state index in [4.69, 9.17) is 5.26 Å². The zero-order chi connectivity index (χ0) is 19.8. The van der Waals surface area contributed by atoms with E-state index < -0.39 is 5.82 Å². The molecule has 0 heterocycles. The minimum atomic E-state index is -0.515. The molecule has 2 aromatic carbocycles. The molecule has 3 rings (SSSR count). The Labute approximate surface area is 167 Å². The van der Waals surface area contributed by atoms with Gasteiger partial charge in [0.1, 0.15) is 11.9 Å². The summed E-state index contributed by atoms with van der Waals surface area (Å²) in [4.78, 5) is 0. The van der Waals surface area contributed by atoms with E-state index in [1.54, 1.807) is 6.07 Å². The van der Waals surface area contributed by atoms with Crippen LogP contribution in [0.1, 0.15) is 67.2 Å². The van der Waals surface area contributed by atoms with Crippen LogP contribution in [0.4, 0.5) is 4.39 Å². The Balaban J connectivity index is 1.50. The molecule has 0 aromatic heterocycles. The number of nitriles is 1. The summed E-state index contributed by atoms with van der Waals surface area (Å²) in [5, 5.41) is 8.76. The van der Waals surface area contributed by atoms with Crippen LogP contribution in [0.5, 0.6) is 0 Å². The highest BCUT2D eigenvalue weighted by Gasteiger charge is 2.20. The lowest BCUT2D eigenvalue weighted by Crippen LogP contribution is -2.11. The molecule has 0 spiro atoms. The van der Waals surface area contributed by atoms with Gasteiger partial charge >= 0.3 is 0 Å². The Bertz CT molecular complexity index is 914. The third-order valence-electron chi connectivity index (χ3n) is 5.52. The van der Waals surface area contributed by atoms with Crippen LogP contribution in [0.15, 0.2) is 54.6 Å². The van der Waals surface area contributed by atoms with Gasteiger partial charge in [-0.1, -0.05) is 55.5 Å². The molecule has 0 bridgehead atoms. The van der Waals surface area contributed by atoms with E-state index in [0.29, 0.717) is 17.4 Å². The molecule has 28 heavy (non-hydrogen) atoms. The van der Waals surface area contributed by atoms with Crippen molar-refractivity contribution in [3.8, 4) is 17.9 Å². The van der Waals surface area contributed by atoms with Gasteiger partial charge < -0.3 is 0 Å². The average Bonchev–Trinajstić information content (AvgIpc) is 2.73. The third kappa shape index (κ3) is 5.34. The summed E-state index contributed by atoms with van der Waals surface area (Å²) in [6.45, 7) is 2.22. The van der Waals surface area contributed by atoms with Crippen molar-refractivity contribution >= 4 is 0 Å². The fourth-order valence-corrected chi connectivity index (χ4v) is 3.88. The van der Waals surface area contributed by atoms with Crippen molar-refractivity contribution in [2.45, 2.75) is 51.4 Å². The maximum absolute atomic E-state index is 13.6. The Morgan fingerprint density at radius 3 is 2.46 bits per heavy atom. The summed E-state index contributed by atoms with van der Waals surface area (Å²) in [6.07, 6.45) is 11.2. The van der Waals surface area contributed by atoms with Gasteiger partial charge in [0.25, 0.3) is 0 Å². The summed E-state index contributed by atoms with van der Waals surface area (Å²) in [7, 11) is 0. The van der Waals surface area contributed by atoms with Gasteiger partial charge in [-0.05, 0) is 79.3 Å². The Kier molecular flexibility index (Phi) is 7.05. The summed E-state index contributed by atoms with van der Waals surface area (Å²) in [5.41, 5.74) is 3.56. The van der Waals surface area contributed by atoms with Crippen molar-refractivity contribution in [2.75, 3.05) is 0 Å². The highest BCUT2D eigenvalue weighted by atomic mass is 19.1. The maximum Gasteiger partial charge on any atom is 0.142 e. The highest BCUT2D eigenvalue weighted by Crippen LogP contribution is 2.36. The first-order valence-electron chi connectivity index (χ1n) is 10.2. The Hall–Kier alpha value is -2.84. The lowest BCUT2D eigenvalue weighted by Gasteiger charge is -2.27. The van der Waals surface area contributed by atoms with Crippen molar-refractivity contribution in [1.29, 1.82) is 5.26 Å². The van der Waals surface area contributed by atoms with Crippen LogP contribution in [-0.2, 0) is 6.42 Å². The quantitative estimate of drug-likeness (QED) is 0.560. The van der Waals surface area contributed by atoms with Crippen LogP contribution >= 0.6 is 0 Å². The lowest BCUT2D eigenvalue weighted by atomic mass is 9.78. The molecule has 1 fully saturated rings. The molecular formula is C26H26FN. The summed E-state index contributed by atoms with van der Waals surface area (Å²) >= 11 is 0. The first kappa shape index (κ1) is 19.9. The van der Waals surface area contributed by atoms with E-state index in [1.165, 1.54) is 55.4 Å². The summed E-state index contributed by atoms with van der Waals surface area (Å²) < 4.78 is 13.6. The monoisotopic (exact) mass is 371 g/mol. The predicted molar refractivity (Wildman–Crippen MR) is 112 cm³/mol. The van der Waals surface area contributed by atoms with Crippen molar-refractivity contribution < 1.29 is 4.39 Å². The standard InChI is InChI=1S/C26H26FN/c1-2-5-20-8-13-23(14-9-20)24-15-10-21(11-16-24)6-3-4-7-22-12-17-25(19-28)26(27)18-22/h3,6,8-9,12-14,17-18,21,24H,2,5,10-11,15-16H2,1H3/t21-,24-. The fourth-order valence-electron chi connectivity index (χ4n) is 3.88. The molecule has 0 radical (unpaired) electrons. The van der Waals surface area contributed by atoms with Crippen molar-refractivity contribution in [1.82, 2.24) is 0 Å². The highest BCUT2D eigenvalue weighted by molar-refractivity contribution is 5.42. The SMILES string of the molecule is CCCc1ccc([C@H]2CC[C@H](C=CC#Cc3ccc(C#N)c(F)c3)CC2)cc1. The fraction of sp³-hybridized carbons (Fsp3) is 0.346. The summed E-state index contributed by atoms with van der Waals surface area (Å²) in [6, 6.07) is 15.5. The molecule has 0 aliphatic heterocycles. The number of aryl methyl sites for hydroxylation is 1. The number of hydrogen-bond donors (Lipinski definition) is 0. The second-order valence-corrected chi connectivity index (χ2v) is 7.54. The number of halogens is 1. The van der Waals surface area contributed by atoms with Gasteiger partial charge in [0.15, 0.2) is 0 Å². The molecule has 0 N–H and O–H groups in total. The molecule has 142 valence electrons. The van der Waals surface area contributed by atoms with Crippen LogP contribution < -0.4 is 0 Å². The van der Waals surface area contributed by atoms with Gasteiger partial charge in [-0.15, -0.1) is 0 Å². The van der Waals surface area contributed by atoms with Crippen molar-refractivity contribution in [3.63, 3.8) is 0 Å². The molecule has 0 amide bonds. The minimum Gasteiger partial charge on any atom is -0.206 e. The topological polar surface area (TPSA) is 23.8 Å². The average molecular weight is 371 g/mol. The third-order valence-corrected chi connectivity index (χ3v) is 5.52. The number of allylic oxidation sites excluding steroid dienone is 2. The lowest BCUT2D eigenvalue weighted by molar-refractivity contribution is 0.376. The normalized spacial score (nSPS) is 19.0. The van der Waals surface area contributed by atoms with Crippen molar-refractivity contribution in [3.05, 3.63) is 82.7 Å². The second-order valence-electron chi connectivity index (χ2n) is 7.54. The van der Waals surface area contributed by atoms with Crippen LogP contribution in [0.2, 0.25) is 0 Å². The first-order valence-corrected chi connectivity index (χ1v) is 10.2. The molecule has 0 saturated heterocycles. The number of rotatable bonds is 4. The molecule has 2 aromatic rings. The van der Waals surface area contributed by atoms with Crippen molar-refractivity contribution in [2.24, 2.45) is 5.92 Å². The maximum atomic E-state index is 13.6. The van der Waals surface area contributed by atoms with Gasteiger partial charge in [-0.25, -0.2) is 4.39 Å². The van der Waals surface area contributed by atoms with E-state index in [9.17, 15) is 4.39 Å². The summed E-state index contributed by atoms with van der Waals surface area (Å²) in [5.74, 6) is 6.67. The largest absolute Gasteiger partial charge is 0.206 e. The van der Waals surface area contributed by atoms with Gasteiger partial charge in [0.05, 0.1) is 5.56 Å². The van der Waals surface area contributed by atoms with Gasteiger partial charge in [-0.3, -0.25) is 0 Å². The molecule has 1 aliphatic rings. The zero-order valence-electron chi connectivity index (χ0n) is 16.4. The molecule has 0 atom stereocenters. The molecule has 1 saturated carbocycles. The Morgan fingerprint density at radius 2 is 1.82 bits per heavy atom. The van der Waals surface area contributed by atoms with E-state index in [2.05, 4.69) is 49.1 Å². The number of benzene rings is 2. The van der Waals surface area contributed by atoms with Crippen LogP contribution in [0.25, 0.3) is 0 Å². The molecule has 1 nitrogen and oxygen atoms in total. The predicted octanol–water partition coefficient (Wildman–Crippen LogP) is 6.53. The molecule has 1 aliphatic carbocycles. The number of nitrogens with zero attached hydrogens (tertiary/aromatic N) is 1. The van der Waals surface area contributed by atoms with Crippen LogP contribution in [-0.4, -0.2) is 0 Å². The molecular weight excluding hydrogens is 345 g/mol. The number of hydrogen-bond acceptors (Lipinski definition) is 1. The van der Waals surface area contributed by atoms with E-state index in [1.807, 2.05) is 12.1 Å².